The second-order valence-electron chi connectivity index (χ2n) is 6.44. The first-order valence-corrected chi connectivity index (χ1v) is 8.50. The summed E-state index contributed by atoms with van der Waals surface area (Å²) in [6.45, 7) is 0. The number of carbonyl (C=O) groups is 1. The third-order valence-corrected chi connectivity index (χ3v) is 5.02. The molecule has 0 spiro atoms. The topological polar surface area (TPSA) is 42.0 Å². The van der Waals surface area contributed by atoms with Gasteiger partial charge in [-0.05, 0) is 47.6 Å². The molecule has 120 valence electrons. The van der Waals surface area contributed by atoms with Gasteiger partial charge in [0, 0.05) is 22.7 Å². The van der Waals surface area contributed by atoms with Crippen LogP contribution in [0.1, 0.15) is 21.5 Å². The molecule has 0 unspecified atom stereocenters. The Bertz CT molecular complexity index is 1130. The summed E-state index contributed by atoms with van der Waals surface area (Å²) in [6, 6.07) is 20.0. The van der Waals surface area contributed by atoms with Gasteiger partial charge >= 0.3 is 0 Å². The van der Waals surface area contributed by atoms with E-state index in [4.69, 9.17) is 0 Å². The lowest BCUT2D eigenvalue weighted by molar-refractivity contribution is 0.102. The number of anilines is 1. The Morgan fingerprint density at radius 2 is 1.64 bits per heavy atom. The summed E-state index contributed by atoms with van der Waals surface area (Å²) in [4.78, 5) is 17.3. The number of rotatable bonds is 2. The molecule has 1 aliphatic rings. The van der Waals surface area contributed by atoms with Gasteiger partial charge in [0.1, 0.15) is 0 Å². The van der Waals surface area contributed by atoms with Crippen molar-refractivity contribution in [1.82, 2.24) is 4.98 Å². The number of aryl methyl sites for hydroxylation is 2. The summed E-state index contributed by atoms with van der Waals surface area (Å²) < 4.78 is 0. The molecular weight excluding hydrogens is 308 g/mol. The minimum Gasteiger partial charge on any atom is -0.321 e. The molecule has 0 atom stereocenters. The predicted molar refractivity (Wildman–Crippen MR) is 101 cm³/mol. The quantitative estimate of drug-likeness (QED) is 0.579. The number of para-hydroxylation sites is 1. The van der Waals surface area contributed by atoms with E-state index in [1.807, 2.05) is 30.3 Å². The minimum atomic E-state index is -0.0997. The van der Waals surface area contributed by atoms with Crippen LogP contribution in [0.15, 0.2) is 66.9 Å². The molecule has 4 aromatic rings. The van der Waals surface area contributed by atoms with Gasteiger partial charge in [0.05, 0.1) is 11.1 Å². The molecule has 3 heteroatoms. The van der Waals surface area contributed by atoms with E-state index in [-0.39, 0.29) is 5.91 Å². The van der Waals surface area contributed by atoms with E-state index in [2.05, 4.69) is 34.6 Å². The number of nitrogens with one attached hydrogen (secondary N) is 1. The highest BCUT2D eigenvalue weighted by molar-refractivity contribution is 6.15. The second kappa shape index (κ2) is 5.42. The van der Waals surface area contributed by atoms with Gasteiger partial charge < -0.3 is 5.32 Å². The van der Waals surface area contributed by atoms with Crippen LogP contribution in [-0.2, 0) is 12.8 Å². The molecule has 25 heavy (non-hydrogen) atoms. The summed E-state index contributed by atoms with van der Waals surface area (Å²) in [5.41, 5.74) is 5.09. The molecule has 1 amide bonds. The summed E-state index contributed by atoms with van der Waals surface area (Å²) in [5.74, 6) is -0.0997. The van der Waals surface area contributed by atoms with Crippen molar-refractivity contribution in [3.8, 4) is 0 Å². The van der Waals surface area contributed by atoms with Gasteiger partial charge in [-0.2, -0.15) is 0 Å². The zero-order valence-electron chi connectivity index (χ0n) is 13.6. The highest BCUT2D eigenvalue weighted by Gasteiger charge is 2.17. The Hall–Kier alpha value is -3.20. The number of fused-ring (bicyclic) bond motifs is 1. The van der Waals surface area contributed by atoms with Crippen molar-refractivity contribution in [3.05, 3.63) is 83.6 Å². The molecule has 0 bridgehead atoms. The molecular formula is C22H16N2O. The molecule has 0 aliphatic heterocycles. The second-order valence-corrected chi connectivity index (χ2v) is 6.44. The van der Waals surface area contributed by atoms with Crippen LogP contribution >= 0.6 is 0 Å². The number of carbonyl (C=O) groups excluding carboxylic acids is 1. The fraction of sp³-hybridized carbons (Fsp3) is 0.0909. The third kappa shape index (κ3) is 2.20. The van der Waals surface area contributed by atoms with Gasteiger partial charge in [0.15, 0.2) is 0 Å². The normalized spacial score (nSPS) is 12.6. The van der Waals surface area contributed by atoms with Crippen LogP contribution in [0.25, 0.3) is 21.7 Å². The van der Waals surface area contributed by atoms with Crippen LogP contribution in [-0.4, -0.2) is 10.9 Å². The number of benzene rings is 3. The average Bonchev–Trinajstić information content (AvgIpc) is 3.08. The van der Waals surface area contributed by atoms with Crippen molar-refractivity contribution in [3.63, 3.8) is 0 Å². The zero-order chi connectivity index (χ0) is 16.8. The first kappa shape index (κ1) is 14.2. The van der Waals surface area contributed by atoms with E-state index in [1.54, 1.807) is 12.3 Å². The van der Waals surface area contributed by atoms with Crippen LogP contribution in [0.2, 0.25) is 0 Å². The molecule has 0 saturated carbocycles. The molecule has 3 aromatic carbocycles. The first-order valence-electron chi connectivity index (χ1n) is 8.50. The van der Waals surface area contributed by atoms with Crippen molar-refractivity contribution in [1.29, 1.82) is 0 Å². The largest absolute Gasteiger partial charge is 0.321 e. The summed E-state index contributed by atoms with van der Waals surface area (Å²) in [5, 5.41) is 6.41. The molecule has 1 aromatic heterocycles. The third-order valence-electron chi connectivity index (χ3n) is 5.02. The molecule has 0 saturated heterocycles. The molecule has 0 radical (unpaired) electrons. The molecule has 3 nitrogen and oxygen atoms in total. The van der Waals surface area contributed by atoms with E-state index in [1.165, 1.54) is 16.5 Å². The zero-order valence-corrected chi connectivity index (χ0v) is 13.6. The maximum absolute atomic E-state index is 12.9. The van der Waals surface area contributed by atoms with E-state index < -0.39 is 0 Å². The highest BCUT2D eigenvalue weighted by Crippen LogP contribution is 2.35. The highest BCUT2D eigenvalue weighted by atomic mass is 16.1. The predicted octanol–water partition coefficient (Wildman–Crippen LogP) is 4.74. The molecule has 1 heterocycles. The van der Waals surface area contributed by atoms with Crippen LogP contribution in [0.5, 0.6) is 0 Å². The van der Waals surface area contributed by atoms with E-state index in [0.717, 1.165) is 34.8 Å². The number of nitrogens with zero attached hydrogens (tertiary/aromatic N) is 1. The van der Waals surface area contributed by atoms with Crippen molar-refractivity contribution in [2.75, 3.05) is 5.32 Å². The maximum atomic E-state index is 12.9. The number of aromatic nitrogens is 1. The van der Waals surface area contributed by atoms with E-state index >= 15 is 0 Å². The lowest BCUT2D eigenvalue weighted by atomic mass is 10.0. The first-order chi connectivity index (χ1) is 12.3. The van der Waals surface area contributed by atoms with Gasteiger partial charge in [-0.1, -0.05) is 42.5 Å². The lowest BCUT2D eigenvalue weighted by Gasteiger charge is -2.11. The van der Waals surface area contributed by atoms with E-state index in [9.17, 15) is 4.79 Å². The molecule has 0 fully saturated rings. The maximum Gasteiger partial charge on any atom is 0.256 e. The van der Waals surface area contributed by atoms with E-state index in [0.29, 0.717) is 5.56 Å². The van der Waals surface area contributed by atoms with Gasteiger partial charge in [-0.15, -0.1) is 0 Å². The lowest BCUT2D eigenvalue weighted by Crippen LogP contribution is -2.13. The summed E-state index contributed by atoms with van der Waals surface area (Å²) >= 11 is 0. The summed E-state index contributed by atoms with van der Waals surface area (Å²) in [7, 11) is 0. The van der Waals surface area contributed by atoms with Gasteiger partial charge in [0.25, 0.3) is 5.91 Å². The van der Waals surface area contributed by atoms with Crippen LogP contribution < -0.4 is 5.32 Å². The summed E-state index contributed by atoms with van der Waals surface area (Å²) in [6.07, 6.45) is 3.85. The van der Waals surface area contributed by atoms with Crippen molar-refractivity contribution >= 4 is 33.3 Å². The smallest absolute Gasteiger partial charge is 0.256 e. The Morgan fingerprint density at radius 1 is 0.840 bits per heavy atom. The molecule has 5 rings (SSSR count). The molecule has 1 aliphatic carbocycles. The van der Waals surface area contributed by atoms with Crippen molar-refractivity contribution < 1.29 is 4.79 Å². The number of hydrogen-bond acceptors (Lipinski definition) is 2. The fourth-order valence-corrected chi connectivity index (χ4v) is 3.84. The Kier molecular flexibility index (Phi) is 3.07. The fourth-order valence-electron chi connectivity index (χ4n) is 3.84. The van der Waals surface area contributed by atoms with Crippen LogP contribution in [0.3, 0.4) is 0 Å². The SMILES string of the molecule is O=C(Nc1ccc2c3c(cccc13)CC2)c1ccnc2ccccc12. The van der Waals surface area contributed by atoms with Gasteiger partial charge in [-0.25, -0.2) is 0 Å². The van der Waals surface area contributed by atoms with Crippen molar-refractivity contribution in [2.24, 2.45) is 0 Å². The van der Waals surface area contributed by atoms with Gasteiger partial charge in [0.2, 0.25) is 0 Å². The Morgan fingerprint density at radius 3 is 2.56 bits per heavy atom. The van der Waals surface area contributed by atoms with Gasteiger partial charge in [-0.3, -0.25) is 9.78 Å². The standard InChI is InChI=1S/C22H16N2O/c25-22(17-12-13-23-19-7-2-1-5-16(17)19)24-20-11-10-15-9-8-14-4-3-6-18(20)21(14)15/h1-7,10-13H,8-9H2,(H,24,25). The number of amides is 1. The Labute approximate surface area is 145 Å². The number of hydrogen-bond donors (Lipinski definition) is 1. The van der Waals surface area contributed by atoms with Crippen molar-refractivity contribution in [2.45, 2.75) is 12.8 Å². The Balaban J connectivity index is 1.60. The molecule has 1 N–H and O–H groups in total. The average molecular weight is 324 g/mol. The monoisotopic (exact) mass is 324 g/mol. The van der Waals surface area contributed by atoms with Crippen LogP contribution in [0, 0.1) is 0 Å². The van der Waals surface area contributed by atoms with Crippen LogP contribution in [0.4, 0.5) is 5.69 Å². The minimum absolute atomic E-state index is 0.0997. The number of pyridine rings is 1.